The molecule has 1 aromatic rings. The average molecular weight is 258 g/mol. The van der Waals surface area contributed by atoms with Crippen LogP contribution in [0.1, 0.15) is 0 Å². The molecule has 84 valence electrons. The Morgan fingerprint density at radius 3 is 2.47 bits per heavy atom. The molecule has 0 saturated carbocycles. The molecule has 0 bridgehead atoms. The van der Waals surface area contributed by atoms with Gasteiger partial charge in [-0.3, -0.25) is 0 Å². The number of alkyl halides is 3. The van der Waals surface area contributed by atoms with E-state index in [1.807, 2.05) is 0 Å². The second kappa shape index (κ2) is 4.40. The third-order valence-electron chi connectivity index (χ3n) is 1.63. The fourth-order valence-corrected chi connectivity index (χ4v) is 1.84. The van der Waals surface area contributed by atoms with Gasteiger partial charge >= 0.3 is 5.51 Å². The number of rotatable bonds is 2. The predicted molar refractivity (Wildman–Crippen MR) is 53.5 cm³/mol. The van der Waals surface area contributed by atoms with Gasteiger partial charge in [0.25, 0.3) is 0 Å². The summed E-state index contributed by atoms with van der Waals surface area (Å²) in [5, 5.41) is 2.89. The molecule has 0 spiro atoms. The standard InChI is InChI=1S/C8H7ClF3NOS/c1-13-7-4-5(2-3-6(7)9)15(14)8(10,11)12/h2-4,13H,1H3. The molecule has 1 N–H and O–H groups in total. The van der Waals surface area contributed by atoms with Crippen LogP contribution in [-0.2, 0) is 10.8 Å². The zero-order valence-electron chi connectivity index (χ0n) is 7.56. The van der Waals surface area contributed by atoms with Crippen LogP contribution in [0.4, 0.5) is 18.9 Å². The number of halogens is 4. The minimum atomic E-state index is -4.75. The SMILES string of the molecule is CNc1cc(S(=O)C(F)(F)F)ccc1Cl. The van der Waals surface area contributed by atoms with E-state index in [0.29, 0.717) is 5.69 Å². The number of anilines is 1. The summed E-state index contributed by atoms with van der Waals surface area (Å²) >= 11 is 5.67. The Bertz CT molecular complexity index is 394. The molecule has 0 saturated heterocycles. The average Bonchev–Trinajstić information content (AvgIpc) is 2.16. The van der Waals surface area contributed by atoms with Gasteiger partial charge in [0.05, 0.1) is 15.6 Å². The van der Waals surface area contributed by atoms with Crippen molar-refractivity contribution in [3.63, 3.8) is 0 Å². The molecule has 0 amide bonds. The zero-order valence-corrected chi connectivity index (χ0v) is 9.13. The summed E-state index contributed by atoms with van der Waals surface area (Å²) in [6.07, 6.45) is 0. The molecular weight excluding hydrogens is 251 g/mol. The molecule has 7 heteroatoms. The Kier molecular flexibility index (Phi) is 3.62. The largest absolute Gasteiger partial charge is 0.475 e. The summed E-state index contributed by atoms with van der Waals surface area (Å²) in [7, 11) is -1.50. The first-order valence-electron chi connectivity index (χ1n) is 3.82. The maximum Gasteiger partial charge on any atom is 0.475 e. The van der Waals surface area contributed by atoms with Gasteiger partial charge in [0.1, 0.15) is 0 Å². The molecule has 0 aromatic heterocycles. The Labute approximate surface area is 91.9 Å². The Balaban J connectivity index is 3.12. The normalized spacial score (nSPS) is 13.7. The van der Waals surface area contributed by atoms with Gasteiger partial charge in [-0.2, -0.15) is 13.2 Å². The third kappa shape index (κ3) is 2.85. The van der Waals surface area contributed by atoms with Gasteiger partial charge in [-0.25, -0.2) is 4.21 Å². The monoisotopic (exact) mass is 257 g/mol. The van der Waals surface area contributed by atoms with Gasteiger partial charge in [0.15, 0.2) is 10.8 Å². The van der Waals surface area contributed by atoms with Crippen LogP contribution in [0.15, 0.2) is 23.1 Å². The van der Waals surface area contributed by atoms with Gasteiger partial charge in [0.2, 0.25) is 0 Å². The molecule has 0 fully saturated rings. The van der Waals surface area contributed by atoms with Crippen molar-refractivity contribution in [3.05, 3.63) is 23.2 Å². The lowest BCUT2D eigenvalue weighted by Gasteiger charge is -2.08. The molecule has 0 aliphatic heterocycles. The summed E-state index contributed by atoms with van der Waals surface area (Å²) in [5.41, 5.74) is -4.44. The van der Waals surface area contributed by atoms with E-state index in [1.165, 1.54) is 13.1 Å². The minimum Gasteiger partial charge on any atom is -0.387 e. The summed E-state index contributed by atoms with van der Waals surface area (Å²) in [4.78, 5) is -0.323. The van der Waals surface area contributed by atoms with Crippen LogP contribution < -0.4 is 5.32 Å². The minimum absolute atomic E-state index is 0.278. The van der Waals surface area contributed by atoms with E-state index < -0.39 is 16.3 Å². The van der Waals surface area contributed by atoms with Gasteiger partial charge in [-0.1, -0.05) is 11.6 Å². The Morgan fingerprint density at radius 2 is 2.00 bits per heavy atom. The maximum atomic E-state index is 12.1. The molecule has 2 nitrogen and oxygen atoms in total. The summed E-state index contributed by atoms with van der Waals surface area (Å²) < 4.78 is 47.3. The van der Waals surface area contributed by atoms with Crippen molar-refractivity contribution in [2.75, 3.05) is 12.4 Å². The molecular formula is C8H7ClF3NOS. The van der Waals surface area contributed by atoms with Crippen molar-refractivity contribution >= 4 is 28.1 Å². The highest BCUT2D eigenvalue weighted by molar-refractivity contribution is 7.86. The van der Waals surface area contributed by atoms with Crippen molar-refractivity contribution in [3.8, 4) is 0 Å². The fraction of sp³-hybridized carbons (Fsp3) is 0.250. The van der Waals surface area contributed by atoms with Crippen LogP contribution in [0.5, 0.6) is 0 Å². The van der Waals surface area contributed by atoms with Gasteiger partial charge < -0.3 is 5.32 Å². The fourth-order valence-electron chi connectivity index (χ4n) is 0.945. The molecule has 1 unspecified atom stereocenters. The van der Waals surface area contributed by atoms with Crippen molar-refractivity contribution < 1.29 is 17.4 Å². The van der Waals surface area contributed by atoms with E-state index in [1.54, 1.807) is 0 Å². The van der Waals surface area contributed by atoms with Crippen LogP contribution in [0, 0.1) is 0 Å². The highest BCUT2D eigenvalue weighted by Crippen LogP contribution is 2.30. The first-order valence-corrected chi connectivity index (χ1v) is 5.35. The third-order valence-corrected chi connectivity index (χ3v) is 3.06. The van der Waals surface area contributed by atoms with Crippen molar-refractivity contribution in [1.82, 2.24) is 0 Å². The lowest BCUT2D eigenvalue weighted by Crippen LogP contribution is -2.16. The van der Waals surface area contributed by atoms with Crippen LogP contribution in [0.2, 0.25) is 5.02 Å². The van der Waals surface area contributed by atoms with E-state index in [2.05, 4.69) is 5.32 Å². The zero-order chi connectivity index (χ0) is 11.6. The summed E-state index contributed by atoms with van der Waals surface area (Å²) in [6, 6.07) is 3.48. The predicted octanol–water partition coefficient (Wildman–Crippen LogP) is 3.01. The number of benzene rings is 1. The first kappa shape index (κ1) is 12.3. The lowest BCUT2D eigenvalue weighted by molar-refractivity contribution is -0.0384. The highest BCUT2D eigenvalue weighted by atomic mass is 35.5. The molecule has 0 aliphatic rings. The van der Waals surface area contributed by atoms with E-state index in [9.17, 15) is 17.4 Å². The summed E-state index contributed by atoms with van der Waals surface area (Å²) in [5.74, 6) is 0. The molecule has 15 heavy (non-hydrogen) atoms. The molecule has 0 radical (unpaired) electrons. The number of nitrogens with one attached hydrogen (secondary N) is 1. The van der Waals surface area contributed by atoms with Crippen molar-refractivity contribution in [2.24, 2.45) is 0 Å². The quantitative estimate of drug-likeness (QED) is 0.882. The highest BCUT2D eigenvalue weighted by Gasteiger charge is 2.38. The van der Waals surface area contributed by atoms with Gasteiger partial charge in [0, 0.05) is 7.05 Å². The Morgan fingerprint density at radius 1 is 1.40 bits per heavy atom. The van der Waals surface area contributed by atoms with E-state index >= 15 is 0 Å². The van der Waals surface area contributed by atoms with Crippen LogP contribution >= 0.6 is 11.6 Å². The molecule has 1 aromatic carbocycles. The van der Waals surface area contributed by atoms with Gasteiger partial charge in [-0.15, -0.1) is 0 Å². The number of hydrogen-bond donors (Lipinski definition) is 1. The van der Waals surface area contributed by atoms with Crippen molar-refractivity contribution in [1.29, 1.82) is 0 Å². The number of hydrogen-bond acceptors (Lipinski definition) is 2. The van der Waals surface area contributed by atoms with E-state index in [4.69, 9.17) is 11.6 Å². The van der Waals surface area contributed by atoms with Gasteiger partial charge in [-0.05, 0) is 18.2 Å². The van der Waals surface area contributed by atoms with E-state index in [0.717, 1.165) is 12.1 Å². The Hall–Kier alpha value is -0.750. The molecule has 1 rings (SSSR count). The topological polar surface area (TPSA) is 29.1 Å². The van der Waals surface area contributed by atoms with E-state index in [-0.39, 0.29) is 9.92 Å². The molecule has 1 atom stereocenters. The molecule has 0 aliphatic carbocycles. The smallest absolute Gasteiger partial charge is 0.387 e. The maximum absolute atomic E-state index is 12.1. The second-order valence-corrected chi connectivity index (χ2v) is 4.49. The molecule has 0 heterocycles. The van der Waals surface area contributed by atoms with Crippen LogP contribution in [-0.4, -0.2) is 16.8 Å². The van der Waals surface area contributed by atoms with Crippen LogP contribution in [0.3, 0.4) is 0 Å². The second-order valence-electron chi connectivity index (χ2n) is 2.61. The first-order chi connectivity index (χ1) is 6.86. The lowest BCUT2D eigenvalue weighted by atomic mass is 10.3. The van der Waals surface area contributed by atoms with Crippen LogP contribution in [0.25, 0.3) is 0 Å². The van der Waals surface area contributed by atoms with Crippen molar-refractivity contribution in [2.45, 2.75) is 10.4 Å². The summed E-state index contributed by atoms with van der Waals surface area (Å²) in [6.45, 7) is 0.